The zero-order chi connectivity index (χ0) is 86.5. The molecule has 6 N–H and O–H groups in total. The molecule has 3 amide bonds. The molecule has 12 aromatic rings. The number of nitrogens with two attached hydrogens (primary N) is 3. The van der Waals surface area contributed by atoms with E-state index in [4.69, 9.17) is 51.1 Å². The molecule has 0 unspecified atom stereocenters. The molecule has 26 heteroatoms. The van der Waals surface area contributed by atoms with Gasteiger partial charge in [-0.3, -0.25) is 24.2 Å². The molecule has 650 valence electrons. The number of carbonyl (C=O) groups is 3. The van der Waals surface area contributed by atoms with E-state index in [1.165, 1.54) is 48.4 Å². The molecule has 8 aliphatic rings. The molecule has 8 fully saturated rings. The van der Waals surface area contributed by atoms with Crippen LogP contribution in [0, 0.1) is 5.82 Å². The van der Waals surface area contributed by atoms with Gasteiger partial charge in [-0.25, -0.2) is 34.3 Å². The number of likely N-dealkylation sites (tertiary alicyclic amines) is 3. The lowest BCUT2D eigenvalue weighted by atomic mass is 10.0. The Morgan fingerprint density at radius 3 is 1.13 bits per heavy atom. The average Bonchev–Trinajstić information content (AvgIpc) is 1.57. The van der Waals surface area contributed by atoms with Gasteiger partial charge >= 0.3 is 0 Å². The molecule has 4 saturated carbocycles. The number of para-hydroxylation sites is 2. The van der Waals surface area contributed by atoms with Crippen LogP contribution in [0.25, 0.3) is 66.5 Å². The summed E-state index contributed by atoms with van der Waals surface area (Å²) in [5.74, 6) is 6.77. The van der Waals surface area contributed by atoms with Crippen LogP contribution in [0.15, 0.2) is 213 Å². The van der Waals surface area contributed by atoms with Crippen molar-refractivity contribution >= 4 is 68.3 Å². The summed E-state index contributed by atoms with van der Waals surface area (Å²) in [6.07, 6.45) is 29.8. The number of amides is 3. The molecule has 6 aromatic carbocycles. The largest absolute Gasteiger partial charge is 0.457 e. The maximum absolute atomic E-state index is 13.6. The minimum absolute atomic E-state index is 0.0615. The van der Waals surface area contributed by atoms with Crippen LogP contribution in [-0.2, 0) is 19.1 Å². The summed E-state index contributed by atoms with van der Waals surface area (Å²) < 4.78 is 44.2. The van der Waals surface area contributed by atoms with Crippen molar-refractivity contribution in [2.75, 3.05) is 117 Å². The summed E-state index contributed by atoms with van der Waals surface area (Å²) in [6.45, 7) is 11.2. The number of aromatic nitrogens is 9. The lowest BCUT2D eigenvalue weighted by Gasteiger charge is -2.21. The van der Waals surface area contributed by atoms with E-state index in [-0.39, 0.29) is 41.7 Å². The van der Waals surface area contributed by atoms with E-state index in [2.05, 4.69) is 95.7 Å². The molecule has 4 aliphatic carbocycles. The summed E-state index contributed by atoms with van der Waals surface area (Å²) in [5, 5.41) is 2.64. The first-order chi connectivity index (χ1) is 61.6. The second-order valence-corrected chi connectivity index (χ2v) is 34.8. The zero-order valence-electron chi connectivity index (χ0n) is 72.2. The number of halogens is 1. The Labute approximate surface area is 734 Å². The number of benzene rings is 6. The second kappa shape index (κ2) is 37.7. The van der Waals surface area contributed by atoms with Crippen molar-refractivity contribution in [3.05, 3.63) is 236 Å². The number of rotatable bonds is 28. The Hall–Kier alpha value is -12.6. The Morgan fingerprint density at radius 2 is 0.786 bits per heavy atom. The molecule has 6 aromatic heterocycles. The van der Waals surface area contributed by atoms with Crippen molar-refractivity contribution in [3.8, 4) is 67.9 Å². The van der Waals surface area contributed by atoms with Crippen molar-refractivity contribution in [1.29, 1.82) is 0 Å². The lowest BCUT2D eigenvalue weighted by molar-refractivity contribution is -0.125. The van der Waals surface area contributed by atoms with Gasteiger partial charge < -0.3 is 69.4 Å². The fourth-order valence-corrected chi connectivity index (χ4v) is 18.7. The molecule has 0 radical (unpaired) electrons. The maximum Gasteiger partial charge on any atom is 0.246 e. The Balaban J connectivity index is 0.000000128. The number of carbonyl (C=O) groups excluding carboxylic acids is 3. The van der Waals surface area contributed by atoms with Gasteiger partial charge in [0, 0.05) is 136 Å². The van der Waals surface area contributed by atoms with E-state index in [9.17, 15) is 18.8 Å². The predicted octanol–water partition coefficient (Wildman–Crippen LogP) is 17.3. The van der Waals surface area contributed by atoms with Gasteiger partial charge in [0.2, 0.25) is 17.7 Å². The van der Waals surface area contributed by atoms with Gasteiger partial charge in [0.05, 0.1) is 40.9 Å². The van der Waals surface area contributed by atoms with Crippen LogP contribution in [0.2, 0.25) is 0 Å². The van der Waals surface area contributed by atoms with Gasteiger partial charge in [-0.1, -0.05) is 104 Å². The van der Waals surface area contributed by atoms with Crippen LogP contribution < -0.4 is 31.4 Å². The van der Waals surface area contributed by atoms with Gasteiger partial charge in [0.1, 0.15) is 93.7 Å². The van der Waals surface area contributed by atoms with E-state index >= 15 is 0 Å². The Morgan fingerprint density at radius 1 is 0.429 bits per heavy atom. The maximum atomic E-state index is 13.6. The monoisotopic (exact) mass is 1690 g/mol. The van der Waals surface area contributed by atoms with Crippen molar-refractivity contribution in [2.24, 2.45) is 0 Å². The van der Waals surface area contributed by atoms with Crippen molar-refractivity contribution in [1.82, 2.24) is 73.0 Å². The van der Waals surface area contributed by atoms with E-state index in [1.54, 1.807) is 43.0 Å². The first-order valence-corrected chi connectivity index (χ1v) is 44.7. The topological polar surface area (TPSA) is 278 Å². The molecule has 0 spiro atoms. The van der Waals surface area contributed by atoms with Crippen LogP contribution in [0.3, 0.4) is 0 Å². The van der Waals surface area contributed by atoms with Crippen LogP contribution in [0.1, 0.15) is 143 Å². The summed E-state index contributed by atoms with van der Waals surface area (Å²) in [7, 11) is 6.28. The number of fused-ring (bicyclic) bond motifs is 3. The number of hydrogen-bond donors (Lipinski definition) is 3. The molecule has 4 aliphatic heterocycles. The number of likely N-dealkylation sites (N-methyl/N-ethyl adjacent to an activating group) is 3. The summed E-state index contributed by atoms with van der Waals surface area (Å²) in [6, 6.07) is 51.4. The van der Waals surface area contributed by atoms with E-state index in [1.807, 2.05) is 142 Å². The van der Waals surface area contributed by atoms with Gasteiger partial charge in [-0.05, 0) is 218 Å². The van der Waals surface area contributed by atoms with Crippen LogP contribution in [-0.4, -0.2) is 203 Å². The Kier molecular flexibility index (Phi) is 25.2. The van der Waals surface area contributed by atoms with E-state index in [0.29, 0.717) is 91.5 Å². The van der Waals surface area contributed by atoms with Crippen molar-refractivity contribution < 1.29 is 37.7 Å². The summed E-state index contributed by atoms with van der Waals surface area (Å²) in [4.78, 5) is 79.4. The highest BCUT2D eigenvalue weighted by molar-refractivity contribution is 6.05. The molecule has 25 nitrogen and oxygen atoms in total. The van der Waals surface area contributed by atoms with Crippen LogP contribution in [0.4, 0.5) is 21.8 Å². The molecule has 10 heterocycles. The van der Waals surface area contributed by atoms with Crippen LogP contribution in [0.5, 0.6) is 34.5 Å². The first kappa shape index (κ1) is 84.2. The molecule has 0 bridgehead atoms. The molecular weight excluding hydrogens is 1580 g/mol. The highest BCUT2D eigenvalue weighted by Gasteiger charge is 2.42. The van der Waals surface area contributed by atoms with Gasteiger partial charge in [0.15, 0.2) is 0 Å². The molecule has 4 saturated heterocycles. The molecule has 20 rings (SSSR count). The van der Waals surface area contributed by atoms with Crippen molar-refractivity contribution in [3.63, 3.8) is 0 Å². The average molecular weight is 1700 g/mol. The quantitative estimate of drug-likeness (QED) is 0.0384. The fraction of sp³-hybridized carbons (Fsp3) is 0.370. The highest BCUT2D eigenvalue weighted by Crippen LogP contribution is 2.55. The third-order valence-electron chi connectivity index (χ3n) is 25.7. The number of nitrogen functional groups attached to an aromatic ring is 3. The van der Waals surface area contributed by atoms with Crippen molar-refractivity contribution in [2.45, 2.75) is 138 Å². The normalized spacial score (nSPS) is 18.9. The van der Waals surface area contributed by atoms with Gasteiger partial charge in [-0.2, -0.15) is 0 Å². The lowest BCUT2D eigenvalue weighted by Crippen LogP contribution is -2.32. The molecule has 126 heavy (non-hydrogen) atoms. The zero-order valence-corrected chi connectivity index (χ0v) is 72.2. The number of ether oxygens (including phenoxy) is 4. The van der Waals surface area contributed by atoms with Crippen LogP contribution >= 0.6 is 0 Å². The SMILES string of the molecule is CCCN(C)C/C=C/C(=O)N1CC[C@@H](n2c(C3CC3)c(-c3ccc(Oc4ccccc4)cc3)c3c(N)ncnc32)C1.CN(C/C=C/C(=O)N1CC[C@@H](n2c(C3CC3)c(-c3ccc(Oc4cccc(F)c4)cc3)c3c(N)ncnc32)C1)C1CC1.CN(C/C=C/C(=O)N1CC[C@@H](n2c(C3CC3)c(-c3ccc(Oc4ccccc4)cc3)c3c(N)ncnc32)C1)[C@@H]1CCOC1. The Bertz CT molecular complexity index is 5980. The number of hydrogen-bond acceptors (Lipinski definition) is 19. The second-order valence-electron chi connectivity index (χ2n) is 34.8. The smallest absolute Gasteiger partial charge is 0.246 e. The van der Waals surface area contributed by atoms with Gasteiger partial charge in [-0.15, -0.1) is 0 Å². The van der Waals surface area contributed by atoms with E-state index < -0.39 is 0 Å². The standard InChI is InChI=1S/C34H38N6O3.C33H35FN6O2.C33H38N6O2/c1-38(26-16-19-42-21-26)17-5-8-29(41)39-18-15-25(20-39)40-32(24-9-10-24)30(31-33(35)36-22-37-34(31)40)23-11-13-28(14-12-23)43-27-6-3-2-4-7-27;1-38(24-11-12-24)16-3-6-28(41)39-17-15-25(19-39)40-31(22-7-8-22)29(30-32(35)36-20-37-33(30)40)21-9-13-26(14-10-21)42-27-5-2-4-23(34)18-27;1-3-18-37(2)19-7-10-28(40)38-20-17-25(21-38)39-31(24-11-12-24)29(30-32(34)35-22-36-33(30)39)23-13-15-27(16-14-23)41-26-8-5-4-6-9-26/h2-8,11-14,22,24-26H,9-10,15-21H2,1H3,(H2,35,36,37);2-6,9-10,13-14,18,20,22,24-25H,7-8,11-12,15-17,19H2,1H3,(H2,35,36,37);4-10,13-16,22,24-25H,3,11-12,17-21H2,1-2H3,(H2,34,35,36)/b8-5+;6-3+;10-7+/t25-,26-;2*25-/m111/s1. The minimum atomic E-state index is -0.342. The predicted molar refractivity (Wildman–Crippen MR) is 491 cm³/mol. The first-order valence-electron chi connectivity index (χ1n) is 44.7. The summed E-state index contributed by atoms with van der Waals surface area (Å²) >= 11 is 0. The van der Waals surface area contributed by atoms with E-state index in [0.717, 1.165) is 206 Å². The fourth-order valence-electron chi connectivity index (χ4n) is 18.7. The third-order valence-corrected chi connectivity index (χ3v) is 25.7. The number of nitrogens with zero attached hydrogens (tertiary/aromatic N) is 15. The molecule has 4 atom stereocenters. The van der Waals surface area contributed by atoms with Gasteiger partial charge in [0.25, 0.3) is 0 Å². The minimum Gasteiger partial charge on any atom is -0.457 e. The number of anilines is 3. The highest BCUT2D eigenvalue weighted by atomic mass is 19.1. The molecular formula is C100H111FN18O7. The summed E-state index contributed by atoms with van der Waals surface area (Å²) in [5.41, 5.74) is 32.3. The third kappa shape index (κ3) is 18.8.